The molecule has 20 heavy (non-hydrogen) atoms. The summed E-state index contributed by atoms with van der Waals surface area (Å²) in [6.07, 6.45) is 1.94. The fraction of sp³-hybridized carbons (Fsp3) is 0.200. The molecule has 2 aromatic rings. The second kappa shape index (κ2) is 7.14. The Kier molecular flexibility index (Phi) is 5.24. The number of anilines is 1. The number of ether oxygens (including phenoxy) is 1. The van der Waals surface area contributed by atoms with Gasteiger partial charge in [-0.2, -0.15) is 8.78 Å². The van der Waals surface area contributed by atoms with Gasteiger partial charge in [0.1, 0.15) is 5.75 Å². The highest BCUT2D eigenvalue weighted by atomic mass is 32.2. The molecule has 0 amide bonds. The molecule has 0 aliphatic heterocycles. The normalized spacial score (nSPS) is 10.6. The van der Waals surface area contributed by atoms with Gasteiger partial charge in [0.25, 0.3) is 0 Å². The Bertz CT molecular complexity index is 549. The molecule has 0 radical (unpaired) electrons. The second-order valence-corrected chi connectivity index (χ2v) is 4.95. The van der Waals surface area contributed by atoms with Crippen LogP contribution in [-0.2, 0) is 6.54 Å². The first-order chi connectivity index (χ1) is 9.69. The van der Waals surface area contributed by atoms with E-state index in [0.717, 1.165) is 10.6 Å². The Morgan fingerprint density at radius 1 is 1.15 bits per heavy atom. The van der Waals surface area contributed by atoms with Crippen molar-refractivity contribution < 1.29 is 13.5 Å². The third-order valence-corrected chi connectivity index (χ3v) is 3.47. The minimum atomic E-state index is -2.81. The van der Waals surface area contributed by atoms with Crippen LogP contribution >= 0.6 is 11.8 Å². The molecule has 0 spiro atoms. The molecule has 0 heterocycles. The molecule has 0 atom stereocenters. The summed E-state index contributed by atoms with van der Waals surface area (Å²) in [5, 5.41) is 3.19. The third kappa shape index (κ3) is 4.13. The molecule has 0 fully saturated rings. The highest BCUT2D eigenvalue weighted by Gasteiger charge is 2.10. The fourth-order valence-electron chi connectivity index (χ4n) is 1.79. The summed E-state index contributed by atoms with van der Waals surface area (Å²) < 4.78 is 29.3. The number of rotatable bonds is 6. The predicted molar refractivity (Wildman–Crippen MR) is 78.6 cm³/mol. The Morgan fingerprint density at radius 3 is 2.55 bits per heavy atom. The van der Waals surface area contributed by atoms with Crippen molar-refractivity contribution in [2.45, 2.75) is 18.1 Å². The van der Waals surface area contributed by atoms with E-state index in [2.05, 4.69) is 10.1 Å². The van der Waals surface area contributed by atoms with Crippen molar-refractivity contribution in [1.82, 2.24) is 0 Å². The average Bonchev–Trinajstić information content (AvgIpc) is 2.47. The van der Waals surface area contributed by atoms with Gasteiger partial charge in [-0.15, -0.1) is 11.8 Å². The lowest BCUT2D eigenvalue weighted by atomic mass is 10.2. The first kappa shape index (κ1) is 14.7. The summed E-state index contributed by atoms with van der Waals surface area (Å²) >= 11 is 1.56. The zero-order chi connectivity index (χ0) is 14.4. The van der Waals surface area contributed by atoms with Crippen LogP contribution in [0.3, 0.4) is 0 Å². The number of para-hydroxylation sites is 1. The van der Waals surface area contributed by atoms with Crippen molar-refractivity contribution in [3.63, 3.8) is 0 Å². The van der Waals surface area contributed by atoms with Gasteiger partial charge < -0.3 is 10.1 Å². The zero-order valence-electron chi connectivity index (χ0n) is 11.0. The maximum absolute atomic E-state index is 12.4. The van der Waals surface area contributed by atoms with Crippen LogP contribution in [0.15, 0.2) is 53.4 Å². The quantitative estimate of drug-likeness (QED) is 0.786. The first-order valence-corrected chi connectivity index (χ1v) is 7.32. The molecule has 1 N–H and O–H groups in total. The number of hydrogen-bond acceptors (Lipinski definition) is 3. The zero-order valence-corrected chi connectivity index (χ0v) is 11.8. The molecule has 0 aliphatic carbocycles. The molecule has 0 unspecified atom stereocenters. The molecule has 0 saturated carbocycles. The number of alkyl halides is 2. The summed E-state index contributed by atoms with van der Waals surface area (Å²) in [4.78, 5) is 1.01. The molecule has 2 rings (SSSR count). The number of hydrogen-bond donors (Lipinski definition) is 1. The van der Waals surface area contributed by atoms with Gasteiger partial charge in [-0.3, -0.25) is 0 Å². The Balaban J connectivity index is 2.15. The lowest BCUT2D eigenvalue weighted by molar-refractivity contribution is -0.0504. The number of benzene rings is 2. The SMILES string of the molecule is CSc1ccc(OC(F)F)c(CNc2ccccc2)c1. The first-order valence-electron chi connectivity index (χ1n) is 6.09. The van der Waals surface area contributed by atoms with Crippen molar-refractivity contribution in [3.05, 3.63) is 54.1 Å². The summed E-state index contributed by atoms with van der Waals surface area (Å²) in [6.45, 7) is -2.38. The lowest BCUT2D eigenvalue weighted by Crippen LogP contribution is -2.07. The van der Waals surface area contributed by atoms with Crippen LogP contribution in [0.5, 0.6) is 5.75 Å². The predicted octanol–water partition coefficient (Wildman–Crippen LogP) is 4.62. The highest BCUT2D eigenvalue weighted by Crippen LogP contribution is 2.27. The van der Waals surface area contributed by atoms with E-state index in [1.807, 2.05) is 42.7 Å². The Hall–Kier alpha value is -1.75. The molecule has 5 heteroatoms. The van der Waals surface area contributed by atoms with Crippen LogP contribution in [0.1, 0.15) is 5.56 Å². The van der Waals surface area contributed by atoms with Crippen molar-refractivity contribution in [3.8, 4) is 5.75 Å². The molecule has 0 aromatic heterocycles. The monoisotopic (exact) mass is 295 g/mol. The minimum absolute atomic E-state index is 0.209. The molecule has 0 bridgehead atoms. The maximum Gasteiger partial charge on any atom is 0.387 e. The van der Waals surface area contributed by atoms with E-state index < -0.39 is 6.61 Å². The van der Waals surface area contributed by atoms with Crippen molar-refractivity contribution >= 4 is 17.4 Å². The highest BCUT2D eigenvalue weighted by molar-refractivity contribution is 7.98. The summed E-state index contributed by atoms with van der Waals surface area (Å²) in [5.41, 5.74) is 1.64. The molecular formula is C15H15F2NOS. The third-order valence-electron chi connectivity index (χ3n) is 2.74. The summed E-state index contributed by atoms with van der Waals surface area (Å²) in [5.74, 6) is 0.209. The van der Waals surface area contributed by atoms with Crippen molar-refractivity contribution in [1.29, 1.82) is 0 Å². The number of halogens is 2. The van der Waals surface area contributed by atoms with Gasteiger partial charge >= 0.3 is 6.61 Å². The van der Waals surface area contributed by atoms with E-state index >= 15 is 0 Å². The van der Waals surface area contributed by atoms with E-state index in [1.165, 1.54) is 0 Å². The lowest BCUT2D eigenvalue weighted by Gasteiger charge is -2.13. The Labute approximate surface area is 121 Å². The van der Waals surface area contributed by atoms with E-state index in [9.17, 15) is 8.78 Å². The smallest absolute Gasteiger partial charge is 0.387 e. The van der Waals surface area contributed by atoms with Crippen LogP contribution in [0, 0.1) is 0 Å². The van der Waals surface area contributed by atoms with Crippen LogP contribution in [0.2, 0.25) is 0 Å². The van der Waals surface area contributed by atoms with Crippen LogP contribution in [0.25, 0.3) is 0 Å². The van der Waals surface area contributed by atoms with Gasteiger partial charge in [-0.25, -0.2) is 0 Å². The minimum Gasteiger partial charge on any atom is -0.434 e. The topological polar surface area (TPSA) is 21.3 Å². The molecule has 2 aromatic carbocycles. The van der Waals surface area contributed by atoms with Crippen molar-refractivity contribution in [2.24, 2.45) is 0 Å². The molecule has 106 valence electrons. The molecule has 2 nitrogen and oxygen atoms in total. The van der Waals surface area contributed by atoms with Crippen LogP contribution in [-0.4, -0.2) is 12.9 Å². The maximum atomic E-state index is 12.4. The van der Waals surface area contributed by atoms with Gasteiger partial charge in [-0.05, 0) is 36.6 Å². The van der Waals surface area contributed by atoms with Gasteiger partial charge in [0.15, 0.2) is 0 Å². The van der Waals surface area contributed by atoms with Gasteiger partial charge in [-0.1, -0.05) is 18.2 Å². The van der Waals surface area contributed by atoms with Crippen LogP contribution < -0.4 is 10.1 Å². The molecule has 0 saturated heterocycles. The van der Waals surface area contributed by atoms with E-state index in [4.69, 9.17) is 0 Å². The van der Waals surface area contributed by atoms with Crippen LogP contribution in [0.4, 0.5) is 14.5 Å². The van der Waals surface area contributed by atoms with Gasteiger partial charge in [0, 0.05) is 22.7 Å². The summed E-state index contributed by atoms with van der Waals surface area (Å²) in [7, 11) is 0. The van der Waals surface area contributed by atoms with E-state index in [0.29, 0.717) is 12.1 Å². The van der Waals surface area contributed by atoms with Gasteiger partial charge in [0.05, 0.1) is 0 Å². The number of nitrogens with one attached hydrogen (secondary N) is 1. The average molecular weight is 295 g/mol. The van der Waals surface area contributed by atoms with E-state index in [-0.39, 0.29) is 5.75 Å². The van der Waals surface area contributed by atoms with E-state index in [1.54, 1.807) is 23.9 Å². The molecular weight excluding hydrogens is 280 g/mol. The van der Waals surface area contributed by atoms with Gasteiger partial charge in [0.2, 0.25) is 0 Å². The summed E-state index contributed by atoms with van der Waals surface area (Å²) in [6, 6.07) is 14.8. The second-order valence-electron chi connectivity index (χ2n) is 4.07. The standard InChI is InChI=1S/C15H15F2NOS/c1-20-13-7-8-14(19-15(16)17)11(9-13)10-18-12-5-3-2-4-6-12/h2-9,15,18H,10H2,1H3. The fourth-order valence-corrected chi connectivity index (χ4v) is 2.25. The number of thioether (sulfide) groups is 1. The Morgan fingerprint density at radius 2 is 1.90 bits per heavy atom. The molecule has 0 aliphatic rings. The van der Waals surface area contributed by atoms with Crippen molar-refractivity contribution in [2.75, 3.05) is 11.6 Å². The largest absolute Gasteiger partial charge is 0.434 e.